The molecule has 2 atom stereocenters. The van der Waals surface area contributed by atoms with E-state index in [9.17, 15) is 34.2 Å². The normalized spacial score (nSPS) is 19.7. The number of amides is 2. The monoisotopic (exact) mass is 572 g/mol. The summed E-state index contributed by atoms with van der Waals surface area (Å²) in [5, 5.41) is 25.8. The van der Waals surface area contributed by atoms with Gasteiger partial charge in [0, 0.05) is 29.9 Å². The Hall–Kier alpha value is -3.15. The van der Waals surface area contributed by atoms with E-state index in [1.807, 2.05) is 0 Å². The SMILES string of the molecule is CC(C)(ON=C(C(=O)NC1C(=O)N2C(C(=O)O)=C(CSC(=O)CCN)CS[C@H]12)c1csc(N)n1)C(=O)O. The molecule has 17 heteroatoms. The van der Waals surface area contributed by atoms with Crippen LogP contribution in [0.15, 0.2) is 21.8 Å². The number of β-lactam (4-membered cyclic amide) rings is 1. The molecule has 3 rings (SSSR count). The van der Waals surface area contributed by atoms with Crippen LogP contribution < -0.4 is 16.8 Å². The molecule has 37 heavy (non-hydrogen) atoms. The summed E-state index contributed by atoms with van der Waals surface area (Å²) in [5.74, 6) is -3.88. The first-order valence-corrected chi connectivity index (χ1v) is 13.6. The molecule has 0 bridgehead atoms. The average Bonchev–Trinajstić information content (AvgIpc) is 3.26. The summed E-state index contributed by atoms with van der Waals surface area (Å²) in [6.07, 6.45) is 0.148. The summed E-state index contributed by atoms with van der Waals surface area (Å²) in [4.78, 5) is 71.2. The number of nitrogens with two attached hydrogens (primary N) is 2. The van der Waals surface area contributed by atoms with Crippen LogP contribution in [-0.4, -0.2) is 89.7 Å². The maximum Gasteiger partial charge on any atom is 0.352 e. The molecule has 14 nitrogen and oxygen atoms in total. The summed E-state index contributed by atoms with van der Waals surface area (Å²) in [6.45, 7) is 2.64. The van der Waals surface area contributed by atoms with Gasteiger partial charge in [-0.1, -0.05) is 16.9 Å². The number of thiazole rings is 1. The zero-order chi connectivity index (χ0) is 27.5. The molecule has 200 valence electrons. The minimum absolute atomic E-state index is 0.00805. The third-order valence-corrected chi connectivity index (χ3v) is 8.18. The second-order valence-corrected chi connectivity index (χ2v) is 11.3. The zero-order valence-corrected chi connectivity index (χ0v) is 22.1. The Labute approximate surface area is 222 Å². The minimum Gasteiger partial charge on any atom is -0.478 e. The standard InChI is InChI=1S/C20H24N6O8S3/c1-20(2,18(32)33)34-25-11(9-7-37-19(22)23-9)14(28)24-12-15(29)26-13(17(30)31)8(6-36-16(12)26)5-35-10(27)3-4-21/h7,12,16H,3-6,21H2,1-2H3,(H2,22,23)(H,24,28)(H,30,31)(H,32,33)/t12?,16-/m1/s1. The molecule has 3 heterocycles. The van der Waals surface area contributed by atoms with Crippen molar-refractivity contribution in [2.24, 2.45) is 10.9 Å². The average molecular weight is 573 g/mol. The Kier molecular flexibility index (Phi) is 8.83. The van der Waals surface area contributed by atoms with Crippen LogP contribution in [0.1, 0.15) is 26.0 Å². The number of carbonyl (C=O) groups excluding carboxylic acids is 3. The molecule has 2 amide bonds. The van der Waals surface area contributed by atoms with Crippen molar-refractivity contribution < 1.29 is 39.0 Å². The Morgan fingerprint density at radius 1 is 1.35 bits per heavy atom. The predicted molar refractivity (Wildman–Crippen MR) is 137 cm³/mol. The van der Waals surface area contributed by atoms with E-state index in [1.54, 1.807) is 0 Å². The quantitative estimate of drug-likeness (QED) is 0.130. The van der Waals surface area contributed by atoms with Crippen molar-refractivity contribution in [1.29, 1.82) is 0 Å². The van der Waals surface area contributed by atoms with Gasteiger partial charge in [0.2, 0.25) is 5.60 Å². The van der Waals surface area contributed by atoms with Gasteiger partial charge in [-0.05, 0) is 19.4 Å². The molecular weight excluding hydrogens is 548 g/mol. The van der Waals surface area contributed by atoms with Crippen LogP contribution in [0.4, 0.5) is 5.13 Å². The van der Waals surface area contributed by atoms with Crippen molar-refractivity contribution in [1.82, 2.24) is 15.2 Å². The fourth-order valence-corrected chi connectivity index (χ4v) is 6.02. The van der Waals surface area contributed by atoms with Crippen LogP contribution in [0.25, 0.3) is 0 Å². The number of nitrogens with zero attached hydrogens (tertiary/aromatic N) is 3. The number of carbonyl (C=O) groups is 5. The Morgan fingerprint density at radius 3 is 2.62 bits per heavy atom. The number of rotatable bonds is 11. The molecular formula is C20H24N6O8S3. The highest BCUT2D eigenvalue weighted by atomic mass is 32.2. The number of aromatic nitrogens is 1. The van der Waals surface area contributed by atoms with Gasteiger partial charge in [0.05, 0.1) is 0 Å². The number of oxime groups is 1. The van der Waals surface area contributed by atoms with Crippen LogP contribution in [0.2, 0.25) is 0 Å². The number of aliphatic carboxylic acids is 2. The maximum atomic E-state index is 13.1. The number of hydrogen-bond donors (Lipinski definition) is 5. The lowest BCUT2D eigenvalue weighted by atomic mass is 10.0. The highest BCUT2D eigenvalue weighted by Crippen LogP contribution is 2.41. The van der Waals surface area contributed by atoms with Gasteiger partial charge in [-0.25, -0.2) is 14.6 Å². The van der Waals surface area contributed by atoms with Crippen molar-refractivity contribution in [2.45, 2.75) is 37.3 Å². The number of nitrogen functional groups attached to an aromatic ring is 1. The Bertz CT molecular complexity index is 1200. The molecule has 1 aromatic heterocycles. The summed E-state index contributed by atoms with van der Waals surface area (Å²) < 4.78 is 0. The molecule has 0 radical (unpaired) electrons. The number of nitrogens with one attached hydrogen (secondary N) is 1. The van der Waals surface area contributed by atoms with E-state index in [2.05, 4.69) is 15.5 Å². The van der Waals surface area contributed by atoms with E-state index < -0.39 is 46.5 Å². The molecule has 0 saturated carbocycles. The number of hydrogen-bond acceptors (Lipinski definition) is 13. The van der Waals surface area contributed by atoms with Gasteiger partial charge in [0.15, 0.2) is 16.0 Å². The summed E-state index contributed by atoms with van der Waals surface area (Å²) in [6, 6.07) is -1.09. The van der Waals surface area contributed by atoms with E-state index >= 15 is 0 Å². The number of fused-ring (bicyclic) bond motifs is 1. The van der Waals surface area contributed by atoms with Crippen LogP contribution >= 0.6 is 34.9 Å². The predicted octanol–water partition coefficient (Wildman–Crippen LogP) is -0.344. The van der Waals surface area contributed by atoms with E-state index in [1.165, 1.54) is 31.0 Å². The van der Waals surface area contributed by atoms with Crippen molar-refractivity contribution >= 4 is 74.6 Å². The molecule has 0 aliphatic carbocycles. The molecule has 2 aliphatic rings. The van der Waals surface area contributed by atoms with Gasteiger partial charge in [-0.3, -0.25) is 19.3 Å². The van der Waals surface area contributed by atoms with E-state index in [0.717, 1.165) is 28.0 Å². The molecule has 0 aromatic carbocycles. The zero-order valence-electron chi connectivity index (χ0n) is 19.6. The second-order valence-electron chi connectivity index (χ2n) is 8.24. The highest BCUT2D eigenvalue weighted by Gasteiger charge is 2.54. The van der Waals surface area contributed by atoms with Crippen LogP contribution in [0.5, 0.6) is 0 Å². The maximum absolute atomic E-state index is 13.1. The van der Waals surface area contributed by atoms with Gasteiger partial charge in [0.25, 0.3) is 11.8 Å². The topological polar surface area (TPSA) is 228 Å². The number of thioether (sulfide) groups is 2. The Morgan fingerprint density at radius 2 is 2.05 bits per heavy atom. The van der Waals surface area contributed by atoms with Gasteiger partial charge >= 0.3 is 11.9 Å². The smallest absolute Gasteiger partial charge is 0.352 e. The van der Waals surface area contributed by atoms with E-state index in [0.29, 0.717) is 5.57 Å². The largest absolute Gasteiger partial charge is 0.478 e. The lowest BCUT2D eigenvalue weighted by Crippen LogP contribution is -2.71. The molecule has 1 fully saturated rings. The van der Waals surface area contributed by atoms with Crippen LogP contribution in [0, 0.1) is 0 Å². The summed E-state index contributed by atoms with van der Waals surface area (Å²) >= 11 is 3.18. The van der Waals surface area contributed by atoms with Crippen LogP contribution in [-0.2, 0) is 28.8 Å². The fraction of sp³-hybridized carbons (Fsp3) is 0.450. The van der Waals surface area contributed by atoms with Crippen molar-refractivity contribution in [3.8, 4) is 0 Å². The first-order chi connectivity index (χ1) is 17.4. The van der Waals surface area contributed by atoms with E-state index in [4.69, 9.17) is 16.3 Å². The lowest BCUT2D eigenvalue weighted by molar-refractivity contribution is -0.161. The van der Waals surface area contributed by atoms with Crippen molar-refractivity contribution in [2.75, 3.05) is 23.8 Å². The second kappa shape index (κ2) is 11.5. The minimum atomic E-state index is -1.77. The number of anilines is 1. The fourth-order valence-electron chi connectivity index (χ4n) is 3.16. The molecule has 2 aliphatic heterocycles. The van der Waals surface area contributed by atoms with Gasteiger partial charge < -0.3 is 31.8 Å². The first kappa shape index (κ1) is 28.4. The van der Waals surface area contributed by atoms with Gasteiger partial charge in [-0.2, -0.15) is 0 Å². The Balaban J connectivity index is 1.79. The highest BCUT2D eigenvalue weighted by molar-refractivity contribution is 8.13. The number of carboxylic acids is 2. The lowest BCUT2D eigenvalue weighted by Gasteiger charge is -2.49. The third-order valence-electron chi connectivity index (χ3n) is 5.15. The van der Waals surface area contributed by atoms with Crippen molar-refractivity contribution in [3.05, 3.63) is 22.3 Å². The van der Waals surface area contributed by atoms with Gasteiger partial charge in [0.1, 0.15) is 22.8 Å². The van der Waals surface area contributed by atoms with Crippen molar-refractivity contribution in [3.63, 3.8) is 0 Å². The van der Waals surface area contributed by atoms with Gasteiger partial charge in [-0.15, -0.1) is 23.1 Å². The number of carboxylic acid groups (broad SMARTS) is 2. The molecule has 1 unspecified atom stereocenters. The van der Waals surface area contributed by atoms with Crippen LogP contribution in [0.3, 0.4) is 0 Å². The summed E-state index contributed by atoms with van der Waals surface area (Å²) in [7, 11) is 0. The first-order valence-electron chi connectivity index (χ1n) is 10.6. The molecule has 1 aromatic rings. The van der Waals surface area contributed by atoms with E-state index in [-0.39, 0.29) is 46.1 Å². The molecule has 7 N–H and O–H groups in total. The molecule has 0 spiro atoms. The third kappa shape index (κ3) is 6.23. The summed E-state index contributed by atoms with van der Waals surface area (Å²) in [5.41, 5.74) is 9.03. The molecule has 1 saturated heterocycles.